The molecular formula is C13H25N. The third-order valence-corrected chi connectivity index (χ3v) is 2.67. The molecule has 0 unspecified atom stereocenters. The lowest BCUT2D eigenvalue weighted by Crippen LogP contribution is -2.18. The quantitative estimate of drug-likeness (QED) is 0.480. The van der Waals surface area contributed by atoms with Crippen LogP contribution in [0.4, 0.5) is 0 Å². The van der Waals surface area contributed by atoms with Gasteiger partial charge in [-0.2, -0.15) is 0 Å². The molecule has 0 aliphatic heterocycles. The molecule has 0 spiro atoms. The Balaban J connectivity index is 4.06. The summed E-state index contributed by atoms with van der Waals surface area (Å²) in [5.41, 5.74) is 2.47. The standard InChI is InChI=1S/C13H25N/c1-6-9-10-14-12(5)13(8-3)11(4)7-2/h8,11,14H,5-7,9-10H2,1-4H3/b13-8-/t11-/m0/s1. The zero-order valence-electron chi connectivity index (χ0n) is 10.2. The minimum atomic E-state index is 0.613. The summed E-state index contributed by atoms with van der Waals surface area (Å²) in [7, 11) is 0. The second-order valence-corrected chi connectivity index (χ2v) is 3.81. The van der Waals surface area contributed by atoms with Gasteiger partial charge in [0.2, 0.25) is 0 Å². The molecule has 14 heavy (non-hydrogen) atoms. The Labute approximate surface area is 89.3 Å². The van der Waals surface area contributed by atoms with Crippen molar-refractivity contribution in [3.05, 3.63) is 23.9 Å². The van der Waals surface area contributed by atoms with Gasteiger partial charge in [-0.25, -0.2) is 0 Å². The van der Waals surface area contributed by atoms with Crippen LogP contribution in [0.2, 0.25) is 0 Å². The molecule has 0 aromatic carbocycles. The van der Waals surface area contributed by atoms with Gasteiger partial charge in [-0.05, 0) is 31.3 Å². The van der Waals surface area contributed by atoms with Crippen LogP contribution in [0.15, 0.2) is 23.9 Å². The van der Waals surface area contributed by atoms with Gasteiger partial charge in [0.1, 0.15) is 0 Å². The average molecular weight is 195 g/mol. The van der Waals surface area contributed by atoms with E-state index in [4.69, 9.17) is 0 Å². The van der Waals surface area contributed by atoms with Crippen LogP contribution in [0.3, 0.4) is 0 Å². The summed E-state index contributed by atoms with van der Waals surface area (Å²) in [6.45, 7) is 13.9. The van der Waals surface area contributed by atoms with Crippen LogP contribution >= 0.6 is 0 Å². The smallest absolute Gasteiger partial charge is 0.0299 e. The minimum Gasteiger partial charge on any atom is -0.385 e. The lowest BCUT2D eigenvalue weighted by atomic mass is 9.96. The normalized spacial score (nSPS) is 13.9. The van der Waals surface area contributed by atoms with Crippen LogP contribution < -0.4 is 5.32 Å². The first-order valence-electron chi connectivity index (χ1n) is 5.76. The molecule has 0 aromatic rings. The first-order valence-corrected chi connectivity index (χ1v) is 5.76. The molecule has 82 valence electrons. The van der Waals surface area contributed by atoms with Crippen molar-refractivity contribution in [3.63, 3.8) is 0 Å². The van der Waals surface area contributed by atoms with E-state index < -0.39 is 0 Å². The zero-order valence-corrected chi connectivity index (χ0v) is 10.2. The number of rotatable bonds is 7. The number of nitrogens with one attached hydrogen (secondary N) is 1. The van der Waals surface area contributed by atoms with E-state index in [2.05, 4.69) is 45.7 Å². The highest BCUT2D eigenvalue weighted by Gasteiger charge is 2.08. The van der Waals surface area contributed by atoms with Crippen molar-refractivity contribution in [2.24, 2.45) is 5.92 Å². The van der Waals surface area contributed by atoms with Crippen molar-refractivity contribution in [1.82, 2.24) is 5.32 Å². The Kier molecular flexibility index (Phi) is 7.27. The zero-order chi connectivity index (χ0) is 11.0. The minimum absolute atomic E-state index is 0.613. The summed E-state index contributed by atoms with van der Waals surface area (Å²) in [5, 5.41) is 3.39. The molecule has 0 saturated heterocycles. The van der Waals surface area contributed by atoms with Crippen LogP contribution in [0.5, 0.6) is 0 Å². The molecule has 0 heterocycles. The van der Waals surface area contributed by atoms with Gasteiger partial charge in [-0.15, -0.1) is 0 Å². The fraction of sp³-hybridized carbons (Fsp3) is 0.692. The van der Waals surface area contributed by atoms with Gasteiger partial charge < -0.3 is 5.32 Å². The van der Waals surface area contributed by atoms with Crippen molar-refractivity contribution in [2.75, 3.05) is 6.54 Å². The maximum absolute atomic E-state index is 4.09. The molecular weight excluding hydrogens is 170 g/mol. The van der Waals surface area contributed by atoms with E-state index >= 15 is 0 Å². The first-order chi connectivity index (χ1) is 6.67. The van der Waals surface area contributed by atoms with Gasteiger partial charge in [0.15, 0.2) is 0 Å². The maximum atomic E-state index is 4.09. The predicted molar refractivity (Wildman–Crippen MR) is 65.3 cm³/mol. The average Bonchev–Trinajstić information content (AvgIpc) is 2.19. The van der Waals surface area contributed by atoms with Crippen LogP contribution in [-0.2, 0) is 0 Å². The summed E-state index contributed by atoms with van der Waals surface area (Å²) in [4.78, 5) is 0. The van der Waals surface area contributed by atoms with E-state index in [-0.39, 0.29) is 0 Å². The second-order valence-electron chi connectivity index (χ2n) is 3.81. The molecule has 0 bridgehead atoms. The Morgan fingerprint density at radius 1 is 1.43 bits per heavy atom. The van der Waals surface area contributed by atoms with Gasteiger partial charge in [0, 0.05) is 12.2 Å². The summed E-state index contributed by atoms with van der Waals surface area (Å²) in [6.07, 6.45) is 5.80. The molecule has 0 rings (SSSR count). The lowest BCUT2D eigenvalue weighted by Gasteiger charge is -2.17. The van der Waals surface area contributed by atoms with E-state index in [0.717, 1.165) is 12.2 Å². The SMILES string of the molecule is C=C(NCCCC)/C(=C\C)[C@@H](C)CC. The first kappa shape index (κ1) is 13.3. The van der Waals surface area contributed by atoms with Crippen molar-refractivity contribution in [3.8, 4) is 0 Å². The molecule has 0 aliphatic rings. The largest absolute Gasteiger partial charge is 0.385 e. The highest BCUT2D eigenvalue weighted by atomic mass is 14.9. The number of unbranched alkanes of at least 4 members (excludes halogenated alkanes) is 1. The summed E-state index contributed by atoms with van der Waals surface area (Å²) in [6, 6.07) is 0. The number of hydrogen-bond donors (Lipinski definition) is 1. The Morgan fingerprint density at radius 3 is 2.50 bits per heavy atom. The monoisotopic (exact) mass is 195 g/mol. The van der Waals surface area contributed by atoms with Crippen LogP contribution in [0.1, 0.15) is 47.0 Å². The van der Waals surface area contributed by atoms with Crippen molar-refractivity contribution < 1.29 is 0 Å². The fourth-order valence-electron chi connectivity index (χ4n) is 1.49. The molecule has 1 N–H and O–H groups in total. The third-order valence-electron chi connectivity index (χ3n) is 2.67. The van der Waals surface area contributed by atoms with E-state index in [1.54, 1.807) is 0 Å². The van der Waals surface area contributed by atoms with Gasteiger partial charge >= 0.3 is 0 Å². The second kappa shape index (κ2) is 7.66. The summed E-state index contributed by atoms with van der Waals surface area (Å²) >= 11 is 0. The number of hydrogen-bond acceptors (Lipinski definition) is 1. The Morgan fingerprint density at radius 2 is 2.07 bits per heavy atom. The summed E-state index contributed by atoms with van der Waals surface area (Å²) < 4.78 is 0. The van der Waals surface area contributed by atoms with Gasteiger partial charge in [0.25, 0.3) is 0 Å². The van der Waals surface area contributed by atoms with Gasteiger partial charge in [-0.3, -0.25) is 0 Å². The van der Waals surface area contributed by atoms with Crippen LogP contribution in [0, 0.1) is 5.92 Å². The van der Waals surface area contributed by atoms with Crippen LogP contribution in [-0.4, -0.2) is 6.54 Å². The Hall–Kier alpha value is -0.720. The highest BCUT2D eigenvalue weighted by Crippen LogP contribution is 2.19. The topological polar surface area (TPSA) is 12.0 Å². The van der Waals surface area contributed by atoms with Gasteiger partial charge in [0.05, 0.1) is 0 Å². The third kappa shape index (κ3) is 4.50. The van der Waals surface area contributed by atoms with Gasteiger partial charge in [-0.1, -0.05) is 39.8 Å². The maximum Gasteiger partial charge on any atom is 0.0299 e. The molecule has 1 heteroatoms. The molecule has 0 aromatic heterocycles. The van der Waals surface area contributed by atoms with Crippen molar-refractivity contribution in [1.29, 1.82) is 0 Å². The molecule has 0 radical (unpaired) electrons. The van der Waals surface area contributed by atoms with E-state index in [1.165, 1.54) is 24.8 Å². The molecule has 0 amide bonds. The van der Waals surface area contributed by atoms with Crippen LogP contribution in [0.25, 0.3) is 0 Å². The van der Waals surface area contributed by atoms with Crippen molar-refractivity contribution in [2.45, 2.75) is 47.0 Å². The molecule has 0 saturated carbocycles. The molecule has 1 atom stereocenters. The summed E-state index contributed by atoms with van der Waals surface area (Å²) in [5.74, 6) is 0.613. The predicted octanol–water partition coefficient (Wildman–Crippen LogP) is 3.88. The molecule has 0 aliphatic carbocycles. The molecule has 1 nitrogen and oxygen atoms in total. The molecule has 0 fully saturated rings. The van der Waals surface area contributed by atoms with E-state index in [9.17, 15) is 0 Å². The fourth-order valence-corrected chi connectivity index (χ4v) is 1.49. The Bertz CT molecular complexity index is 191. The van der Waals surface area contributed by atoms with E-state index in [1.807, 2.05) is 0 Å². The highest BCUT2D eigenvalue weighted by molar-refractivity contribution is 5.28. The lowest BCUT2D eigenvalue weighted by molar-refractivity contribution is 0.632. The van der Waals surface area contributed by atoms with E-state index in [0.29, 0.717) is 5.92 Å². The van der Waals surface area contributed by atoms with Crippen molar-refractivity contribution >= 4 is 0 Å². The number of allylic oxidation sites excluding steroid dienone is 2.